The molecule has 288 valence electrons. The Bertz CT molecular complexity index is 2440. The lowest BCUT2D eigenvalue weighted by Gasteiger charge is -2.29. The summed E-state index contributed by atoms with van der Waals surface area (Å²) in [5.74, 6) is -0.858. The van der Waals surface area contributed by atoms with Gasteiger partial charge >= 0.3 is 12.4 Å². The predicted molar refractivity (Wildman–Crippen MR) is 205 cm³/mol. The maximum atomic E-state index is 15.1. The molecule has 1 aliphatic heterocycles. The summed E-state index contributed by atoms with van der Waals surface area (Å²) >= 11 is 0. The molecule has 56 heavy (non-hydrogen) atoms. The predicted octanol–water partition coefficient (Wildman–Crippen LogP) is 11.4. The molecular formula is C46H40F6N2O2. The first kappa shape index (κ1) is 38.6. The van der Waals surface area contributed by atoms with Crippen LogP contribution in [0.1, 0.15) is 88.7 Å². The molecule has 0 spiro atoms. The Balaban J connectivity index is 1.27. The van der Waals surface area contributed by atoms with Crippen LogP contribution in [0.2, 0.25) is 0 Å². The topological polar surface area (TPSA) is 42.3 Å². The number of carbonyl (C=O) groups is 2. The number of aromatic nitrogens is 1. The molecule has 1 aromatic heterocycles. The van der Waals surface area contributed by atoms with Crippen LogP contribution in [-0.4, -0.2) is 33.7 Å². The van der Waals surface area contributed by atoms with E-state index in [9.17, 15) is 31.1 Å². The van der Waals surface area contributed by atoms with Crippen LogP contribution < -0.4 is 0 Å². The van der Waals surface area contributed by atoms with Crippen molar-refractivity contribution >= 4 is 22.6 Å². The van der Waals surface area contributed by atoms with Crippen molar-refractivity contribution in [3.8, 4) is 0 Å². The van der Waals surface area contributed by atoms with Crippen molar-refractivity contribution in [1.29, 1.82) is 0 Å². The van der Waals surface area contributed by atoms with E-state index in [0.717, 1.165) is 68.5 Å². The number of benzene rings is 5. The van der Waals surface area contributed by atoms with Gasteiger partial charge in [-0.05, 0) is 121 Å². The van der Waals surface area contributed by atoms with Crippen LogP contribution in [0.4, 0.5) is 26.3 Å². The maximum absolute atomic E-state index is 15.1. The van der Waals surface area contributed by atoms with E-state index in [4.69, 9.17) is 0 Å². The summed E-state index contributed by atoms with van der Waals surface area (Å²) < 4.78 is 81.4. The Hall–Kier alpha value is -5.64. The lowest BCUT2D eigenvalue weighted by molar-refractivity contribution is -0.138. The molecule has 5 aromatic carbocycles. The minimum atomic E-state index is -4.44. The second-order valence-corrected chi connectivity index (χ2v) is 14.8. The highest BCUT2D eigenvalue weighted by atomic mass is 19.4. The third-order valence-corrected chi connectivity index (χ3v) is 11.5. The number of carbonyl (C=O) groups excluding carboxylic acids is 2. The quantitative estimate of drug-likeness (QED) is 0.114. The van der Waals surface area contributed by atoms with Crippen LogP contribution in [-0.2, 0) is 25.3 Å². The number of amides is 1. The Morgan fingerprint density at radius 2 is 1.29 bits per heavy atom. The highest BCUT2D eigenvalue weighted by Gasteiger charge is 2.45. The molecule has 2 unspecified atom stereocenters. The highest BCUT2D eigenvalue weighted by molar-refractivity contribution is 6.07. The first-order valence-electron chi connectivity index (χ1n) is 18.4. The van der Waals surface area contributed by atoms with Crippen molar-refractivity contribution in [2.45, 2.75) is 71.4 Å². The van der Waals surface area contributed by atoms with Crippen molar-refractivity contribution in [3.63, 3.8) is 0 Å². The van der Waals surface area contributed by atoms with Gasteiger partial charge in [-0.25, -0.2) is 0 Å². The van der Waals surface area contributed by atoms with Crippen molar-refractivity contribution in [3.05, 3.63) is 176 Å². The standard InChI is InChI=1S/C46H40F6N2O2/c1-27-8-7-10-37(28(27)2)44(56)54-23-22-39(40-26-53(41-11-6-5-9-38(40)41)25-32-14-19-35(20-15-32)46(50,51)52)42(54)43(55)36-21-16-33(29(3)30(36)4)24-31-12-17-34(18-13-31)45(47,48)49/h5-21,26,39,42H,22-25H2,1-4H3. The highest BCUT2D eigenvalue weighted by Crippen LogP contribution is 2.42. The smallest absolute Gasteiger partial charge is 0.343 e. The van der Waals surface area contributed by atoms with E-state index in [-0.39, 0.29) is 11.7 Å². The molecule has 0 bridgehead atoms. The molecular weight excluding hydrogens is 727 g/mol. The van der Waals surface area contributed by atoms with E-state index in [0.29, 0.717) is 48.2 Å². The fourth-order valence-electron chi connectivity index (χ4n) is 8.03. The molecule has 1 amide bonds. The molecule has 6 aromatic rings. The number of Topliss-reactive ketones (excluding diaryl/α,β-unsaturated/α-hetero) is 1. The van der Waals surface area contributed by atoms with Gasteiger partial charge in [-0.3, -0.25) is 9.59 Å². The molecule has 0 N–H and O–H groups in total. The van der Waals surface area contributed by atoms with Gasteiger partial charge in [0.2, 0.25) is 0 Å². The Labute approximate surface area is 321 Å². The van der Waals surface area contributed by atoms with Crippen molar-refractivity contribution in [2.75, 3.05) is 6.54 Å². The van der Waals surface area contributed by atoms with Crippen LogP contribution in [0.15, 0.2) is 109 Å². The summed E-state index contributed by atoms with van der Waals surface area (Å²) in [4.78, 5) is 31.2. The number of nitrogens with zero attached hydrogens (tertiary/aromatic N) is 2. The van der Waals surface area contributed by atoms with E-state index < -0.39 is 35.4 Å². The number of ketones is 1. The number of hydrogen-bond acceptors (Lipinski definition) is 2. The van der Waals surface area contributed by atoms with Gasteiger partial charge in [-0.1, -0.05) is 66.7 Å². The monoisotopic (exact) mass is 766 g/mol. The number of aryl methyl sites for hydroxylation is 1. The molecule has 2 heterocycles. The molecule has 10 heteroatoms. The molecule has 0 aliphatic carbocycles. The molecule has 0 saturated carbocycles. The summed E-state index contributed by atoms with van der Waals surface area (Å²) in [5, 5.41) is 0.892. The van der Waals surface area contributed by atoms with Gasteiger partial charge < -0.3 is 9.47 Å². The molecule has 4 nitrogen and oxygen atoms in total. The van der Waals surface area contributed by atoms with Crippen LogP contribution in [0.5, 0.6) is 0 Å². The zero-order chi connectivity index (χ0) is 40.1. The molecule has 1 aliphatic rings. The zero-order valence-electron chi connectivity index (χ0n) is 31.4. The number of hydrogen-bond donors (Lipinski definition) is 0. The SMILES string of the molecule is Cc1cccc(C(=O)N2CCC(c3cn(Cc4ccc(C(F)(F)F)cc4)c4ccccc34)C2C(=O)c2ccc(Cc3ccc(C(F)(F)F)cc3)c(C)c2C)c1C. The zero-order valence-corrected chi connectivity index (χ0v) is 31.4. The van der Waals surface area contributed by atoms with Gasteiger partial charge in [0.25, 0.3) is 5.91 Å². The van der Waals surface area contributed by atoms with Gasteiger partial charge in [0, 0.05) is 47.2 Å². The van der Waals surface area contributed by atoms with Crippen molar-refractivity contribution < 1.29 is 35.9 Å². The summed E-state index contributed by atoms with van der Waals surface area (Å²) in [7, 11) is 0. The molecule has 0 radical (unpaired) electrons. The van der Waals surface area contributed by atoms with Crippen LogP contribution in [0.25, 0.3) is 10.9 Å². The van der Waals surface area contributed by atoms with E-state index >= 15 is 4.79 Å². The number of para-hydroxylation sites is 1. The van der Waals surface area contributed by atoms with Crippen LogP contribution in [0, 0.1) is 27.7 Å². The summed E-state index contributed by atoms with van der Waals surface area (Å²) in [5.41, 5.74) is 6.88. The lowest BCUT2D eigenvalue weighted by Crippen LogP contribution is -2.43. The van der Waals surface area contributed by atoms with Crippen molar-refractivity contribution in [1.82, 2.24) is 9.47 Å². The fraction of sp³-hybridized carbons (Fsp3) is 0.261. The number of rotatable bonds is 8. The van der Waals surface area contributed by atoms with E-state index in [1.807, 2.05) is 80.9 Å². The van der Waals surface area contributed by atoms with Gasteiger partial charge in [0.1, 0.15) is 6.04 Å². The molecule has 2 atom stereocenters. The van der Waals surface area contributed by atoms with Gasteiger partial charge in [-0.2, -0.15) is 26.3 Å². The average Bonchev–Trinajstić information content (AvgIpc) is 3.76. The van der Waals surface area contributed by atoms with Gasteiger partial charge in [-0.15, -0.1) is 0 Å². The fourth-order valence-corrected chi connectivity index (χ4v) is 8.03. The lowest BCUT2D eigenvalue weighted by atomic mass is 9.84. The van der Waals surface area contributed by atoms with E-state index in [1.54, 1.807) is 17.0 Å². The summed E-state index contributed by atoms with van der Waals surface area (Å²) in [6.07, 6.45) is -6.03. The number of halogens is 6. The van der Waals surface area contributed by atoms with E-state index in [2.05, 4.69) is 0 Å². The summed E-state index contributed by atoms with van der Waals surface area (Å²) in [6.45, 7) is 8.21. The largest absolute Gasteiger partial charge is 0.416 e. The Morgan fingerprint density at radius 3 is 1.93 bits per heavy atom. The Kier molecular flexibility index (Phi) is 10.2. The summed E-state index contributed by atoms with van der Waals surface area (Å²) in [6, 6.07) is 26.1. The van der Waals surface area contributed by atoms with Crippen LogP contribution in [0.3, 0.4) is 0 Å². The first-order valence-corrected chi connectivity index (χ1v) is 18.4. The third kappa shape index (κ3) is 7.36. The van der Waals surface area contributed by atoms with Gasteiger partial charge in [0.15, 0.2) is 5.78 Å². The number of alkyl halides is 6. The minimum absolute atomic E-state index is 0.215. The average molecular weight is 767 g/mol. The first-order chi connectivity index (χ1) is 26.5. The van der Waals surface area contributed by atoms with Crippen LogP contribution >= 0.6 is 0 Å². The second kappa shape index (κ2) is 14.8. The second-order valence-electron chi connectivity index (χ2n) is 14.8. The van der Waals surface area contributed by atoms with Gasteiger partial charge in [0.05, 0.1) is 11.1 Å². The van der Waals surface area contributed by atoms with Crippen molar-refractivity contribution in [2.24, 2.45) is 0 Å². The molecule has 7 rings (SSSR count). The van der Waals surface area contributed by atoms with E-state index in [1.165, 1.54) is 24.3 Å². The maximum Gasteiger partial charge on any atom is 0.416 e. The third-order valence-electron chi connectivity index (χ3n) is 11.5. The number of fused-ring (bicyclic) bond motifs is 1. The Morgan fingerprint density at radius 1 is 0.661 bits per heavy atom. The molecule has 1 saturated heterocycles. The number of likely N-dealkylation sites (tertiary alicyclic amines) is 1. The molecule has 1 fully saturated rings. The minimum Gasteiger partial charge on any atom is -0.343 e. The normalized spacial score (nSPS) is 16.1.